The summed E-state index contributed by atoms with van der Waals surface area (Å²) in [6, 6.07) is 2.44. The van der Waals surface area contributed by atoms with Crippen molar-refractivity contribution in [3.63, 3.8) is 0 Å². The van der Waals surface area contributed by atoms with Gasteiger partial charge in [-0.3, -0.25) is 4.98 Å². The highest BCUT2D eigenvalue weighted by atomic mass is 32.2. The normalized spacial score (nSPS) is 13.4. The monoisotopic (exact) mass is 283 g/mol. The predicted octanol–water partition coefficient (Wildman–Crippen LogP) is 2.61. The third kappa shape index (κ3) is 3.12. The Kier molecular flexibility index (Phi) is 3.62. The van der Waals surface area contributed by atoms with Gasteiger partial charge >= 0.3 is 15.6 Å². The van der Waals surface area contributed by atoms with E-state index in [0.29, 0.717) is 0 Å². The van der Waals surface area contributed by atoms with Crippen LogP contribution >= 0.6 is 0 Å². The summed E-state index contributed by atoms with van der Waals surface area (Å²) < 4.78 is 62.6. The van der Waals surface area contributed by atoms with Crippen LogP contribution in [0.4, 0.5) is 13.2 Å². The molecule has 0 spiro atoms. The molecule has 0 radical (unpaired) electrons. The summed E-state index contributed by atoms with van der Waals surface area (Å²) in [5, 5.41) is 0. The van der Waals surface area contributed by atoms with Gasteiger partial charge in [0.05, 0.1) is 5.69 Å². The van der Waals surface area contributed by atoms with E-state index in [0.717, 1.165) is 6.07 Å². The van der Waals surface area contributed by atoms with Crippen LogP contribution in [0.2, 0.25) is 0 Å². The standard InChI is InChI=1S/C10H12F3NO3S/c1-9(2,3)8-7(5-4-6-14-8)17-18(15,16)10(11,12)13/h4-6H,1-3H3. The summed E-state index contributed by atoms with van der Waals surface area (Å²) >= 11 is 0. The van der Waals surface area contributed by atoms with Crippen LogP contribution in [0, 0.1) is 0 Å². The fraction of sp³-hybridized carbons (Fsp3) is 0.500. The molecule has 0 aliphatic rings. The minimum absolute atomic E-state index is 0.137. The topological polar surface area (TPSA) is 56.3 Å². The molecule has 0 aliphatic carbocycles. The van der Waals surface area contributed by atoms with Crippen LogP contribution in [0.1, 0.15) is 26.5 Å². The van der Waals surface area contributed by atoms with Crippen LogP contribution in [0.15, 0.2) is 18.3 Å². The second kappa shape index (κ2) is 4.42. The molecule has 0 saturated carbocycles. The van der Waals surface area contributed by atoms with E-state index in [9.17, 15) is 21.6 Å². The van der Waals surface area contributed by atoms with Crippen molar-refractivity contribution in [2.24, 2.45) is 0 Å². The molecule has 4 nitrogen and oxygen atoms in total. The highest BCUT2D eigenvalue weighted by Crippen LogP contribution is 2.33. The Morgan fingerprint density at radius 3 is 2.22 bits per heavy atom. The van der Waals surface area contributed by atoms with Crippen molar-refractivity contribution in [3.8, 4) is 5.75 Å². The molecule has 0 fully saturated rings. The van der Waals surface area contributed by atoms with Crippen molar-refractivity contribution in [1.29, 1.82) is 0 Å². The minimum Gasteiger partial charge on any atom is -0.374 e. The summed E-state index contributed by atoms with van der Waals surface area (Å²) in [4.78, 5) is 3.86. The van der Waals surface area contributed by atoms with Gasteiger partial charge in [-0.1, -0.05) is 20.8 Å². The number of alkyl halides is 3. The van der Waals surface area contributed by atoms with E-state index in [2.05, 4.69) is 9.17 Å². The maximum absolute atomic E-state index is 12.2. The average Bonchev–Trinajstić information content (AvgIpc) is 2.14. The number of hydrogen-bond acceptors (Lipinski definition) is 4. The molecule has 0 aromatic carbocycles. The third-order valence-corrected chi connectivity index (χ3v) is 2.93. The zero-order valence-corrected chi connectivity index (χ0v) is 10.8. The van der Waals surface area contributed by atoms with Gasteiger partial charge in [0.2, 0.25) is 0 Å². The number of hydrogen-bond donors (Lipinski definition) is 0. The minimum atomic E-state index is -5.67. The summed E-state index contributed by atoms with van der Waals surface area (Å²) in [5.41, 5.74) is -5.96. The van der Waals surface area contributed by atoms with E-state index in [4.69, 9.17) is 0 Å². The van der Waals surface area contributed by atoms with E-state index >= 15 is 0 Å². The van der Waals surface area contributed by atoms with E-state index in [1.807, 2.05) is 0 Å². The van der Waals surface area contributed by atoms with Crippen LogP contribution < -0.4 is 4.18 Å². The van der Waals surface area contributed by atoms with Crippen molar-refractivity contribution < 1.29 is 25.8 Å². The maximum atomic E-state index is 12.2. The molecule has 0 atom stereocenters. The Labute approximate surface area is 103 Å². The van der Waals surface area contributed by atoms with E-state index in [1.165, 1.54) is 12.3 Å². The Hall–Kier alpha value is -1.31. The van der Waals surface area contributed by atoms with Crippen LogP contribution in [0.3, 0.4) is 0 Å². The first-order chi connectivity index (χ1) is 7.95. The first kappa shape index (κ1) is 14.7. The van der Waals surface area contributed by atoms with Crippen molar-refractivity contribution in [2.45, 2.75) is 31.7 Å². The molecule has 0 saturated heterocycles. The molecule has 0 amide bonds. The number of aromatic nitrogens is 1. The first-order valence-corrected chi connectivity index (χ1v) is 6.32. The van der Waals surface area contributed by atoms with Gasteiger partial charge in [0, 0.05) is 11.6 Å². The fourth-order valence-corrected chi connectivity index (χ4v) is 1.65. The molecule has 18 heavy (non-hydrogen) atoms. The van der Waals surface area contributed by atoms with Gasteiger partial charge in [-0.2, -0.15) is 21.6 Å². The lowest BCUT2D eigenvalue weighted by Crippen LogP contribution is -2.29. The van der Waals surface area contributed by atoms with Gasteiger partial charge in [0.1, 0.15) is 0 Å². The molecule has 0 unspecified atom stereocenters. The van der Waals surface area contributed by atoms with Gasteiger partial charge in [0.15, 0.2) is 5.75 Å². The molecule has 0 aliphatic heterocycles. The lowest BCUT2D eigenvalue weighted by molar-refractivity contribution is -0.0500. The first-order valence-electron chi connectivity index (χ1n) is 4.91. The molecular formula is C10H12F3NO3S. The van der Waals surface area contributed by atoms with E-state index < -0.39 is 26.8 Å². The molecular weight excluding hydrogens is 271 g/mol. The van der Waals surface area contributed by atoms with Gasteiger partial charge in [-0.15, -0.1) is 0 Å². The Morgan fingerprint density at radius 2 is 1.78 bits per heavy atom. The number of nitrogens with zero attached hydrogens (tertiary/aromatic N) is 1. The van der Waals surface area contributed by atoms with Crippen LogP contribution in [0.25, 0.3) is 0 Å². The van der Waals surface area contributed by atoms with E-state index in [1.54, 1.807) is 20.8 Å². The Bertz CT molecular complexity index is 532. The molecule has 1 aromatic heterocycles. The number of pyridine rings is 1. The molecule has 102 valence electrons. The molecule has 0 bridgehead atoms. The predicted molar refractivity (Wildman–Crippen MR) is 58.5 cm³/mol. The second-order valence-electron chi connectivity index (χ2n) is 4.58. The van der Waals surface area contributed by atoms with Gasteiger partial charge in [-0.25, -0.2) is 0 Å². The zero-order valence-electron chi connectivity index (χ0n) is 9.95. The van der Waals surface area contributed by atoms with Gasteiger partial charge in [0.25, 0.3) is 0 Å². The Morgan fingerprint density at radius 1 is 1.22 bits per heavy atom. The quantitative estimate of drug-likeness (QED) is 0.618. The largest absolute Gasteiger partial charge is 0.534 e. The molecule has 8 heteroatoms. The van der Waals surface area contributed by atoms with Crippen molar-refractivity contribution >= 4 is 10.1 Å². The highest BCUT2D eigenvalue weighted by molar-refractivity contribution is 7.88. The van der Waals surface area contributed by atoms with E-state index in [-0.39, 0.29) is 5.69 Å². The molecule has 1 rings (SSSR count). The number of rotatable bonds is 2. The summed E-state index contributed by atoms with van der Waals surface area (Å²) in [5.74, 6) is -0.415. The van der Waals surface area contributed by atoms with Crippen LogP contribution in [-0.4, -0.2) is 18.9 Å². The van der Waals surface area contributed by atoms with Crippen molar-refractivity contribution in [2.75, 3.05) is 0 Å². The van der Waals surface area contributed by atoms with Crippen LogP contribution in [0.5, 0.6) is 5.75 Å². The third-order valence-electron chi connectivity index (χ3n) is 1.96. The van der Waals surface area contributed by atoms with Gasteiger partial charge < -0.3 is 4.18 Å². The Balaban J connectivity index is 3.22. The lowest BCUT2D eigenvalue weighted by Gasteiger charge is -2.21. The van der Waals surface area contributed by atoms with Crippen LogP contribution in [-0.2, 0) is 15.5 Å². The fourth-order valence-electron chi connectivity index (χ4n) is 1.19. The average molecular weight is 283 g/mol. The summed E-state index contributed by atoms with van der Waals surface area (Å²) in [6.07, 6.45) is 1.35. The SMILES string of the molecule is CC(C)(C)c1ncccc1OS(=O)(=O)C(F)(F)F. The van der Waals surface area contributed by atoms with Gasteiger partial charge in [-0.05, 0) is 12.1 Å². The summed E-state index contributed by atoms with van der Waals surface area (Å²) in [7, 11) is -5.67. The maximum Gasteiger partial charge on any atom is 0.534 e. The molecule has 1 heterocycles. The van der Waals surface area contributed by atoms with Crippen molar-refractivity contribution in [3.05, 3.63) is 24.0 Å². The smallest absolute Gasteiger partial charge is 0.374 e. The van der Waals surface area contributed by atoms with Crippen molar-refractivity contribution in [1.82, 2.24) is 4.98 Å². The number of halogens is 3. The molecule has 0 N–H and O–H groups in total. The summed E-state index contributed by atoms with van der Waals surface area (Å²) in [6.45, 7) is 5.05. The molecule has 1 aromatic rings. The highest BCUT2D eigenvalue weighted by Gasteiger charge is 2.49. The second-order valence-corrected chi connectivity index (χ2v) is 6.12. The lowest BCUT2D eigenvalue weighted by atomic mass is 9.91. The zero-order chi connectivity index (χ0) is 14.2.